The van der Waals surface area contributed by atoms with Gasteiger partial charge >= 0.3 is 0 Å². The van der Waals surface area contributed by atoms with Crippen LogP contribution >= 0.6 is 0 Å². The van der Waals surface area contributed by atoms with Crippen LogP contribution in [0.5, 0.6) is 0 Å². The van der Waals surface area contributed by atoms with Gasteiger partial charge in [0.1, 0.15) is 0 Å². The third kappa shape index (κ3) is 2.29. The van der Waals surface area contributed by atoms with Crippen LogP contribution in [0.15, 0.2) is 48.5 Å². The third-order valence-corrected chi connectivity index (χ3v) is 3.98. The van der Waals surface area contributed by atoms with Crippen molar-refractivity contribution in [2.24, 2.45) is 7.05 Å². The zero-order valence-corrected chi connectivity index (χ0v) is 13.0. The molecule has 0 aliphatic carbocycles. The van der Waals surface area contributed by atoms with Crippen LogP contribution in [0.1, 0.15) is 25.3 Å². The van der Waals surface area contributed by atoms with Gasteiger partial charge in [0.15, 0.2) is 0 Å². The summed E-state index contributed by atoms with van der Waals surface area (Å²) >= 11 is 0. The number of imidazole rings is 1. The van der Waals surface area contributed by atoms with Gasteiger partial charge in [-0.3, -0.25) is 0 Å². The van der Waals surface area contributed by atoms with Gasteiger partial charge in [0, 0.05) is 19.8 Å². The van der Waals surface area contributed by atoms with Crippen LogP contribution in [0.25, 0.3) is 11.0 Å². The number of benzene rings is 2. The minimum atomic E-state index is 0.485. The molecule has 1 aromatic heterocycles. The Kier molecular flexibility index (Phi) is 3.42. The molecule has 3 rings (SSSR count). The van der Waals surface area contributed by atoms with Gasteiger partial charge in [-0.1, -0.05) is 44.2 Å². The molecule has 0 spiro atoms. The molecule has 3 aromatic rings. The van der Waals surface area contributed by atoms with Gasteiger partial charge in [-0.05, 0) is 29.7 Å². The van der Waals surface area contributed by atoms with Crippen molar-refractivity contribution in [1.82, 2.24) is 9.55 Å². The molecule has 0 bridgehead atoms. The summed E-state index contributed by atoms with van der Waals surface area (Å²) in [6, 6.07) is 16.8. The van der Waals surface area contributed by atoms with Crippen molar-refractivity contribution in [3.8, 4) is 0 Å². The van der Waals surface area contributed by atoms with Crippen molar-refractivity contribution in [3.05, 3.63) is 54.1 Å². The molecule has 1 heterocycles. The van der Waals surface area contributed by atoms with Crippen molar-refractivity contribution in [3.63, 3.8) is 0 Å². The number of anilines is 2. The summed E-state index contributed by atoms with van der Waals surface area (Å²) in [6.45, 7) is 4.45. The molecule has 108 valence electrons. The van der Waals surface area contributed by atoms with Gasteiger partial charge in [0.25, 0.3) is 0 Å². The zero-order valence-electron chi connectivity index (χ0n) is 13.0. The highest BCUT2D eigenvalue weighted by molar-refractivity contribution is 5.80. The summed E-state index contributed by atoms with van der Waals surface area (Å²) in [7, 11) is 4.15. The first-order chi connectivity index (χ1) is 10.1. The lowest BCUT2D eigenvalue weighted by molar-refractivity contribution is 0.850. The minimum absolute atomic E-state index is 0.485. The second-order valence-electron chi connectivity index (χ2n) is 5.73. The van der Waals surface area contributed by atoms with E-state index in [4.69, 9.17) is 4.98 Å². The number of hydrogen-bond donors (Lipinski definition) is 0. The lowest BCUT2D eigenvalue weighted by Crippen LogP contribution is -2.16. The molecule has 3 nitrogen and oxygen atoms in total. The second-order valence-corrected chi connectivity index (χ2v) is 5.73. The fourth-order valence-corrected chi connectivity index (χ4v) is 2.82. The van der Waals surface area contributed by atoms with Crippen molar-refractivity contribution in [2.45, 2.75) is 19.8 Å². The summed E-state index contributed by atoms with van der Waals surface area (Å²) in [5, 5.41) is 0. The van der Waals surface area contributed by atoms with Crippen LogP contribution in [0.3, 0.4) is 0 Å². The number of aryl methyl sites for hydroxylation is 1. The molecule has 21 heavy (non-hydrogen) atoms. The van der Waals surface area contributed by atoms with Crippen molar-refractivity contribution in [1.29, 1.82) is 0 Å². The van der Waals surface area contributed by atoms with Crippen molar-refractivity contribution in [2.75, 3.05) is 11.9 Å². The van der Waals surface area contributed by atoms with Crippen molar-refractivity contribution >= 4 is 22.7 Å². The van der Waals surface area contributed by atoms with E-state index < -0.39 is 0 Å². The summed E-state index contributed by atoms with van der Waals surface area (Å²) in [6.07, 6.45) is 0. The Morgan fingerprint density at radius 3 is 2.38 bits per heavy atom. The maximum atomic E-state index is 4.78. The molecule has 3 heteroatoms. The third-order valence-electron chi connectivity index (χ3n) is 3.98. The minimum Gasteiger partial charge on any atom is -0.315 e. The average molecular weight is 279 g/mol. The van der Waals surface area contributed by atoms with E-state index in [1.54, 1.807) is 0 Å². The van der Waals surface area contributed by atoms with Gasteiger partial charge in [0.05, 0.1) is 11.0 Å². The normalized spacial score (nSPS) is 11.3. The van der Waals surface area contributed by atoms with Crippen LogP contribution in [-0.4, -0.2) is 16.6 Å². The SMILES string of the molecule is CC(C)c1ccccc1N(C)c1nc2ccccc2n1C. The number of hydrogen-bond acceptors (Lipinski definition) is 2. The Labute approximate surface area is 125 Å². The summed E-state index contributed by atoms with van der Waals surface area (Å²) in [4.78, 5) is 6.95. The van der Waals surface area contributed by atoms with Gasteiger partial charge in [-0.2, -0.15) is 0 Å². The molecule has 0 unspecified atom stereocenters. The number of para-hydroxylation sites is 3. The fourth-order valence-electron chi connectivity index (χ4n) is 2.82. The zero-order chi connectivity index (χ0) is 15.0. The standard InChI is InChI=1S/C18H21N3/c1-13(2)14-9-5-7-11-16(14)20(3)18-19-15-10-6-8-12-17(15)21(18)4/h5-13H,1-4H3. The fraction of sp³-hybridized carbons (Fsp3) is 0.278. The Morgan fingerprint density at radius 2 is 1.67 bits per heavy atom. The maximum Gasteiger partial charge on any atom is 0.210 e. The predicted molar refractivity (Wildman–Crippen MR) is 89.3 cm³/mol. The first-order valence-corrected chi connectivity index (χ1v) is 7.33. The average Bonchev–Trinajstić information content (AvgIpc) is 2.84. The molecule has 0 amide bonds. The van der Waals surface area contributed by atoms with E-state index in [9.17, 15) is 0 Å². The molecule has 0 radical (unpaired) electrons. The van der Waals surface area contributed by atoms with Crippen molar-refractivity contribution < 1.29 is 0 Å². The molecule has 2 aromatic carbocycles. The van der Waals surface area contributed by atoms with Gasteiger partial charge in [0.2, 0.25) is 5.95 Å². The van der Waals surface area contributed by atoms with E-state index in [2.05, 4.69) is 79.9 Å². The van der Waals surface area contributed by atoms with E-state index in [-0.39, 0.29) is 0 Å². The van der Waals surface area contributed by atoms with Gasteiger partial charge < -0.3 is 9.47 Å². The molecule has 0 saturated heterocycles. The summed E-state index contributed by atoms with van der Waals surface area (Å²) in [5.41, 5.74) is 4.74. The van der Waals surface area contributed by atoms with Crippen LogP contribution in [-0.2, 0) is 7.05 Å². The Balaban J connectivity index is 2.13. The van der Waals surface area contributed by atoms with Crippen LogP contribution in [0.2, 0.25) is 0 Å². The number of fused-ring (bicyclic) bond motifs is 1. The highest BCUT2D eigenvalue weighted by Crippen LogP contribution is 2.32. The smallest absolute Gasteiger partial charge is 0.210 e. The largest absolute Gasteiger partial charge is 0.315 e. The summed E-state index contributed by atoms with van der Waals surface area (Å²) in [5.74, 6) is 1.45. The Bertz CT molecular complexity index is 771. The van der Waals surface area contributed by atoms with Crippen LogP contribution in [0, 0.1) is 0 Å². The lowest BCUT2D eigenvalue weighted by Gasteiger charge is -2.23. The van der Waals surface area contributed by atoms with E-state index in [1.807, 2.05) is 6.07 Å². The maximum absolute atomic E-state index is 4.78. The monoisotopic (exact) mass is 279 g/mol. The first-order valence-electron chi connectivity index (χ1n) is 7.33. The molecule has 0 aliphatic heterocycles. The highest BCUT2D eigenvalue weighted by Gasteiger charge is 2.16. The Morgan fingerprint density at radius 1 is 1.00 bits per heavy atom. The van der Waals surface area contributed by atoms with E-state index >= 15 is 0 Å². The highest BCUT2D eigenvalue weighted by atomic mass is 15.3. The molecular formula is C18H21N3. The molecule has 0 saturated carbocycles. The quantitative estimate of drug-likeness (QED) is 0.705. The molecule has 0 atom stereocenters. The van der Waals surface area contributed by atoms with E-state index in [0.29, 0.717) is 5.92 Å². The number of nitrogens with zero attached hydrogens (tertiary/aromatic N) is 3. The van der Waals surface area contributed by atoms with Gasteiger partial charge in [-0.25, -0.2) is 4.98 Å². The molecule has 0 aliphatic rings. The van der Waals surface area contributed by atoms with E-state index in [1.165, 1.54) is 11.3 Å². The number of aromatic nitrogens is 2. The molecule has 0 fully saturated rings. The Hall–Kier alpha value is -2.29. The topological polar surface area (TPSA) is 21.1 Å². The van der Waals surface area contributed by atoms with Crippen LogP contribution < -0.4 is 4.90 Å². The summed E-state index contributed by atoms with van der Waals surface area (Å²) < 4.78 is 2.15. The van der Waals surface area contributed by atoms with E-state index in [0.717, 1.165) is 17.0 Å². The first kappa shape index (κ1) is 13.7. The van der Waals surface area contributed by atoms with Gasteiger partial charge in [-0.15, -0.1) is 0 Å². The molecular weight excluding hydrogens is 258 g/mol. The lowest BCUT2D eigenvalue weighted by atomic mass is 10.0. The number of rotatable bonds is 3. The molecule has 0 N–H and O–H groups in total. The van der Waals surface area contributed by atoms with Crippen LogP contribution in [0.4, 0.5) is 11.6 Å². The predicted octanol–water partition coefficient (Wildman–Crippen LogP) is 4.46. The second kappa shape index (κ2) is 5.24.